The van der Waals surface area contributed by atoms with Crippen LogP contribution in [0.5, 0.6) is 6.01 Å². The Kier molecular flexibility index (Phi) is 13.5. The third-order valence-electron chi connectivity index (χ3n) is 10.9. The van der Waals surface area contributed by atoms with Crippen molar-refractivity contribution in [3.8, 4) is 24.4 Å². The number of likely N-dealkylation sites (tertiary alicyclic amines) is 1. The second kappa shape index (κ2) is 18.6. The molecule has 6 heterocycles. The Morgan fingerprint density at radius 3 is 2.57 bits per heavy atom. The zero-order valence-electron chi connectivity index (χ0n) is 31.5. The smallest absolute Gasteiger partial charge is 0.318 e. The molecule has 0 radical (unpaired) electrons. The minimum absolute atomic E-state index is 0.0158. The lowest BCUT2D eigenvalue weighted by atomic mass is 9.92. The number of aromatic nitrogens is 2. The number of piperazine rings is 1. The Morgan fingerprint density at radius 2 is 1.85 bits per heavy atom. The number of fused-ring (bicyclic) bond motifs is 3. The van der Waals surface area contributed by atoms with E-state index in [1.54, 1.807) is 19.3 Å². The van der Waals surface area contributed by atoms with E-state index in [1.165, 1.54) is 19.8 Å². The van der Waals surface area contributed by atoms with E-state index in [1.807, 2.05) is 29.2 Å². The summed E-state index contributed by atoms with van der Waals surface area (Å²) in [4.78, 5) is 30.9. The zero-order chi connectivity index (χ0) is 38.0. The van der Waals surface area contributed by atoms with Crippen LogP contribution in [0.25, 0.3) is 10.8 Å². The summed E-state index contributed by atoms with van der Waals surface area (Å²) in [6.07, 6.45) is 14.2. The summed E-state index contributed by atoms with van der Waals surface area (Å²) in [5.41, 5.74) is 3.79. The molecule has 0 bridgehead atoms. The van der Waals surface area contributed by atoms with Gasteiger partial charge in [0.15, 0.2) is 0 Å². The lowest BCUT2D eigenvalue weighted by molar-refractivity contribution is -0.126. The van der Waals surface area contributed by atoms with Crippen LogP contribution in [0.3, 0.4) is 0 Å². The molecule has 0 saturated carbocycles. The molecule has 4 fully saturated rings. The van der Waals surface area contributed by atoms with Crippen LogP contribution in [0.2, 0.25) is 0 Å². The van der Waals surface area contributed by atoms with Crippen LogP contribution < -0.4 is 9.64 Å². The van der Waals surface area contributed by atoms with Gasteiger partial charge in [-0.25, -0.2) is 4.39 Å². The molecule has 8 rings (SSSR count). The number of aliphatic hydroxyl groups is 1. The number of carbonyl (C=O) groups is 1. The van der Waals surface area contributed by atoms with Gasteiger partial charge in [-0.15, -0.1) is 6.42 Å². The molecule has 11 nitrogen and oxygen atoms in total. The number of carbonyl (C=O) groups excluding carboxylic acids is 1. The summed E-state index contributed by atoms with van der Waals surface area (Å²) in [7, 11) is 1.58. The second-order valence-electron chi connectivity index (χ2n) is 14.5. The van der Waals surface area contributed by atoms with E-state index in [2.05, 4.69) is 38.8 Å². The number of nitrogens with zero attached hydrogens (tertiary/aromatic N) is 7. The fraction of sp³-hybridized carbons (Fsp3) is 0.524. The van der Waals surface area contributed by atoms with Crippen molar-refractivity contribution < 1.29 is 23.8 Å². The van der Waals surface area contributed by atoms with Gasteiger partial charge >= 0.3 is 6.01 Å². The van der Waals surface area contributed by atoms with E-state index >= 15 is 0 Å². The van der Waals surface area contributed by atoms with Gasteiger partial charge in [-0.3, -0.25) is 14.6 Å². The summed E-state index contributed by atoms with van der Waals surface area (Å²) in [6.45, 7) is 8.48. The quantitative estimate of drug-likeness (QED) is 0.279. The predicted octanol–water partition coefficient (Wildman–Crippen LogP) is 4.82. The van der Waals surface area contributed by atoms with Crippen LogP contribution in [0, 0.1) is 23.7 Å². The first-order valence-corrected chi connectivity index (χ1v) is 19.1. The van der Waals surface area contributed by atoms with Gasteiger partial charge in [-0.2, -0.15) is 15.2 Å². The number of terminal acetylenes is 1. The van der Waals surface area contributed by atoms with E-state index in [0.29, 0.717) is 70.9 Å². The Morgan fingerprint density at radius 1 is 1.09 bits per heavy atom. The topological polar surface area (TPSA) is 118 Å². The largest absolute Gasteiger partial charge is 0.467 e. The zero-order valence-corrected chi connectivity index (χ0v) is 31.5. The summed E-state index contributed by atoms with van der Waals surface area (Å²) in [6, 6.07) is 14.9. The molecule has 286 valence electrons. The Hall–Kier alpha value is -4.59. The Labute approximate surface area is 318 Å². The highest BCUT2D eigenvalue weighted by atomic mass is 19.1. The number of β-amino-alcohol motifs (C(OH)–C–C–N with tert-alkyl or cyclic N) is 1. The normalized spacial score (nSPS) is 24.0. The molecule has 4 saturated heterocycles. The summed E-state index contributed by atoms with van der Waals surface area (Å²) in [5.74, 6) is 3.65. The van der Waals surface area contributed by atoms with Crippen LogP contribution in [0.4, 0.5) is 10.2 Å². The van der Waals surface area contributed by atoms with Crippen LogP contribution in [0.1, 0.15) is 67.5 Å². The molecule has 3 aromatic rings. The molecule has 4 unspecified atom stereocenters. The first-order chi connectivity index (χ1) is 26.3. The van der Waals surface area contributed by atoms with Crippen molar-refractivity contribution in [2.75, 3.05) is 70.9 Å². The standard InChI is InChI=1S/C33H37N5O4.C7H12FN.C2H3N/c1-3-23-8-4-9-24-10-5-12-26(31(23)24)29-20-28-27(22-42-29)32(35-33(34-28)41-2)38-18-16-37(17-19-38)30(40)13-7-15-36-14-6-11-25(39)21-36;8-6-4-7-2-1-3-9(7)5-6;1-2-3/h1,4-5,7-10,12-13,25,29,39H,6,11,14-22H2,2H3;6-7H,1-5H2;1H3/b13-7+;;. The van der Waals surface area contributed by atoms with Gasteiger partial charge in [0.1, 0.15) is 12.0 Å². The summed E-state index contributed by atoms with van der Waals surface area (Å²) < 4.78 is 24.6. The van der Waals surface area contributed by atoms with Gasteiger partial charge in [0.25, 0.3) is 0 Å². The molecule has 1 aromatic heterocycles. The molecule has 54 heavy (non-hydrogen) atoms. The number of benzene rings is 2. The maximum absolute atomic E-state index is 12.9. The highest BCUT2D eigenvalue weighted by molar-refractivity contribution is 5.91. The first kappa shape index (κ1) is 39.1. The third-order valence-corrected chi connectivity index (χ3v) is 10.9. The molecule has 12 heteroatoms. The predicted molar refractivity (Wildman–Crippen MR) is 207 cm³/mol. The molecule has 4 atom stereocenters. The highest BCUT2D eigenvalue weighted by Crippen LogP contribution is 2.38. The molecule has 1 amide bonds. The number of hydrogen-bond acceptors (Lipinski definition) is 10. The monoisotopic (exact) mass is 737 g/mol. The van der Waals surface area contributed by atoms with Crippen LogP contribution in [0.15, 0.2) is 48.6 Å². The summed E-state index contributed by atoms with van der Waals surface area (Å²) >= 11 is 0. The van der Waals surface area contributed by atoms with Crippen LogP contribution in [-0.2, 0) is 22.6 Å². The van der Waals surface area contributed by atoms with Crippen molar-refractivity contribution in [1.29, 1.82) is 5.26 Å². The molecule has 5 aliphatic rings. The number of alkyl halides is 1. The Balaban J connectivity index is 0.000000352. The second-order valence-corrected chi connectivity index (χ2v) is 14.5. The number of ether oxygens (including phenoxy) is 2. The third kappa shape index (κ3) is 9.37. The fourth-order valence-corrected chi connectivity index (χ4v) is 8.31. The van der Waals surface area contributed by atoms with Gasteiger partial charge < -0.3 is 24.4 Å². The van der Waals surface area contributed by atoms with Gasteiger partial charge in [-0.05, 0) is 62.2 Å². The molecule has 2 aromatic carbocycles. The molecule has 1 N–H and O–H groups in total. The summed E-state index contributed by atoms with van der Waals surface area (Å²) in [5, 5.41) is 19.3. The van der Waals surface area contributed by atoms with Gasteiger partial charge in [-0.1, -0.05) is 42.3 Å². The van der Waals surface area contributed by atoms with Crippen molar-refractivity contribution in [3.05, 3.63) is 70.9 Å². The van der Waals surface area contributed by atoms with Crippen molar-refractivity contribution in [1.82, 2.24) is 24.7 Å². The minimum atomic E-state index is -0.518. The maximum atomic E-state index is 12.9. The molecular formula is C42H52FN7O4. The lowest BCUT2D eigenvalue weighted by Crippen LogP contribution is -2.49. The molecule has 0 spiro atoms. The van der Waals surface area contributed by atoms with E-state index in [-0.39, 0.29) is 18.1 Å². The molecular weight excluding hydrogens is 686 g/mol. The van der Waals surface area contributed by atoms with Gasteiger partial charge in [0.05, 0.1) is 37.7 Å². The SMILES string of the molecule is C#Cc1cccc2cccc(C3Cc4nc(OC)nc(N5CCN(C(=O)/C=C/CN6CCCC(O)C6)CC5)c4CO3)c12.CC#N.FC1CC2CCCN2C1. The average Bonchev–Trinajstić information content (AvgIpc) is 3.78. The van der Waals surface area contributed by atoms with Crippen molar-refractivity contribution in [2.24, 2.45) is 0 Å². The fourth-order valence-electron chi connectivity index (χ4n) is 8.31. The number of nitriles is 1. The number of hydrogen-bond donors (Lipinski definition) is 1. The number of rotatable bonds is 6. The number of halogens is 1. The van der Waals surface area contributed by atoms with Gasteiger partial charge in [0, 0.05) is 87.8 Å². The van der Waals surface area contributed by atoms with Crippen LogP contribution >= 0.6 is 0 Å². The van der Waals surface area contributed by atoms with E-state index in [4.69, 9.17) is 31.1 Å². The average molecular weight is 738 g/mol. The van der Waals surface area contributed by atoms with Crippen molar-refractivity contribution in [2.45, 2.75) is 76.5 Å². The van der Waals surface area contributed by atoms with E-state index < -0.39 is 6.17 Å². The van der Waals surface area contributed by atoms with E-state index in [0.717, 1.165) is 71.3 Å². The molecule has 0 aliphatic carbocycles. The minimum Gasteiger partial charge on any atom is -0.467 e. The maximum Gasteiger partial charge on any atom is 0.318 e. The van der Waals surface area contributed by atoms with Crippen LogP contribution in [-0.4, -0.2) is 120 Å². The lowest BCUT2D eigenvalue weighted by Gasteiger charge is -2.37. The van der Waals surface area contributed by atoms with E-state index in [9.17, 15) is 14.3 Å². The molecule has 5 aliphatic heterocycles. The number of anilines is 1. The number of piperidine rings is 1. The van der Waals surface area contributed by atoms with Crippen molar-refractivity contribution in [3.63, 3.8) is 0 Å². The highest BCUT2D eigenvalue weighted by Gasteiger charge is 2.35. The number of amides is 1. The number of aliphatic hydroxyl groups excluding tert-OH is 1. The van der Waals surface area contributed by atoms with Crippen molar-refractivity contribution >= 4 is 22.5 Å². The first-order valence-electron chi connectivity index (χ1n) is 19.1. The Bertz CT molecular complexity index is 1850. The number of methoxy groups -OCH3 is 1. The van der Waals surface area contributed by atoms with Gasteiger partial charge in [0.2, 0.25) is 5.91 Å².